The van der Waals surface area contributed by atoms with Gasteiger partial charge in [0.1, 0.15) is 11.5 Å². The summed E-state index contributed by atoms with van der Waals surface area (Å²) >= 11 is 7.01. The molecule has 0 spiro atoms. The van der Waals surface area contributed by atoms with Crippen LogP contribution in [-0.2, 0) is 24.2 Å². The number of halogens is 2. The second-order valence-electron chi connectivity index (χ2n) is 6.71. The van der Waals surface area contributed by atoms with E-state index in [1.165, 1.54) is 6.07 Å². The average Bonchev–Trinajstić information content (AvgIpc) is 3.06. The first-order chi connectivity index (χ1) is 14.5. The number of fused-ring (bicyclic) bond motifs is 1. The lowest BCUT2D eigenvalue weighted by Gasteiger charge is -2.15. The van der Waals surface area contributed by atoms with Crippen molar-refractivity contribution >= 4 is 34.6 Å². The number of nitrogens with zero attached hydrogens (tertiary/aromatic N) is 4. The third-order valence-electron chi connectivity index (χ3n) is 4.68. The molecule has 0 radical (unpaired) electrons. The van der Waals surface area contributed by atoms with E-state index in [9.17, 15) is 14.0 Å². The molecule has 1 aromatic carbocycles. The average molecular weight is 449 g/mol. The molecule has 4 rings (SSSR count). The maximum absolute atomic E-state index is 14.5. The summed E-state index contributed by atoms with van der Waals surface area (Å²) in [5.74, 6) is -1.35. The summed E-state index contributed by atoms with van der Waals surface area (Å²) in [4.78, 5) is 33.3. The first kappa shape index (κ1) is 20.5. The molecule has 0 atom stereocenters. The van der Waals surface area contributed by atoms with E-state index < -0.39 is 11.8 Å². The molecule has 3 heterocycles. The van der Waals surface area contributed by atoms with Crippen LogP contribution in [0.15, 0.2) is 46.3 Å². The molecule has 0 saturated carbocycles. The Morgan fingerprint density at radius 1 is 1.27 bits per heavy atom. The summed E-state index contributed by atoms with van der Waals surface area (Å²) in [5, 5.41) is -0.0611. The minimum absolute atomic E-state index is 0.0169. The summed E-state index contributed by atoms with van der Waals surface area (Å²) in [5.41, 5.74) is 0.735. The zero-order chi connectivity index (χ0) is 21.1. The molecule has 0 unspecified atom stereocenters. The molecule has 2 aromatic heterocycles. The van der Waals surface area contributed by atoms with Gasteiger partial charge < -0.3 is 4.74 Å². The third kappa shape index (κ3) is 4.36. The van der Waals surface area contributed by atoms with Crippen LogP contribution in [0, 0.1) is 5.82 Å². The Hall–Kier alpha value is -2.78. The highest BCUT2D eigenvalue weighted by Gasteiger charge is 2.18. The number of hydrogen-bond acceptors (Lipinski definition) is 6. The van der Waals surface area contributed by atoms with Gasteiger partial charge in [0.15, 0.2) is 0 Å². The van der Waals surface area contributed by atoms with E-state index in [1.807, 2.05) is 12.1 Å². The highest BCUT2D eigenvalue weighted by atomic mass is 35.5. The monoisotopic (exact) mass is 448 g/mol. The fourth-order valence-electron chi connectivity index (χ4n) is 3.17. The highest BCUT2D eigenvalue weighted by molar-refractivity contribution is 7.06. The van der Waals surface area contributed by atoms with E-state index in [2.05, 4.69) is 9.98 Å². The van der Waals surface area contributed by atoms with Crippen LogP contribution in [0.4, 0.5) is 10.1 Å². The van der Waals surface area contributed by atoms with Crippen molar-refractivity contribution in [1.29, 1.82) is 0 Å². The SMILES string of the molecule is O=C(OCCc1ccccn1)c1cc(N=c2sc(=O)n3n2CCCC3)c(F)cc1Cl. The quantitative estimate of drug-likeness (QED) is 0.561. The molecule has 30 heavy (non-hydrogen) atoms. The van der Waals surface area contributed by atoms with Crippen LogP contribution in [-0.4, -0.2) is 26.9 Å². The van der Waals surface area contributed by atoms with E-state index >= 15 is 0 Å². The number of aromatic nitrogens is 3. The predicted molar refractivity (Wildman–Crippen MR) is 111 cm³/mol. The van der Waals surface area contributed by atoms with Crippen LogP contribution in [0.5, 0.6) is 0 Å². The van der Waals surface area contributed by atoms with Crippen LogP contribution < -0.4 is 9.67 Å². The topological polar surface area (TPSA) is 78.5 Å². The largest absolute Gasteiger partial charge is 0.462 e. The van der Waals surface area contributed by atoms with Gasteiger partial charge in [0.25, 0.3) is 0 Å². The number of esters is 1. The molecule has 10 heteroatoms. The van der Waals surface area contributed by atoms with Gasteiger partial charge in [-0.05, 0) is 48.4 Å². The summed E-state index contributed by atoms with van der Waals surface area (Å²) in [6.07, 6.45) is 3.94. The third-order valence-corrected chi connectivity index (χ3v) is 5.86. The molecule has 1 aliphatic heterocycles. The number of pyridine rings is 1. The summed E-state index contributed by atoms with van der Waals surface area (Å²) < 4.78 is 23.1. The van der Waals surface area contributed by atoms with Gasteiger partial charge in [0.2, 0.25) is 4.80 Å². The number of benzene rings is 1. The maximum atomic E-state index is 14.5. The van der Waals surface area contributed by atoms with E-state index in [1.54, 1.807) is 21.6 Å². The Balaban J connectivity index is 1.58. The van der Waals surface area contributed by atoms with Gasteiger partial charge in [-0.1, -0.05) is 17.7 Å². The fraction of sp³-hybridized carbons (Fsp3) is 0.300. The van der Waals surface area contributed by atoms with Gasteiger partial charge in [-0.3, -0.25) is 14.5 Å². The lowest BCUT2D eigenvalue weighted by molar-refractivity contribution is 0.0508. The lowest BCUT2D eigenvalue weighted by Crippen LogP contribution is -2.31. The van der Waals surface area contributed by atoms with E-state index in [4.69, 9.17) is 16.3 Å². The molecule has 0 aliphatic carbocycles. The van der Waals surface area contributed by atoms with Gasteiger partial charge >= 0.3 is 10.8 Å². The highest BCUT2D eigenvalue weighted by Crippen LogP contribution is 2.27. The number of ether oxygens (including phenoxy) is 1. The zero-order valence-electron chi connectivity index (χ0n) is 15.9. The van der Waals surface area contributed by atoms with Crippen molar-refractivity contribution in [2.24, 2.45) is 4.99 Å². The Bertz CT molecular complexity index is 1200. The van der Waals surface area contributed by atoms with Crippen LogP contribution in [0.25, 0.3) is 0 Å². The van der Waals surface area contributed by atoms with Crippen molar-refractivity contribution in [3.05, 3.63) is 73.1 Å². The number of hydrogen-bond donors (Lipinski definition) is 0. The standard InChI is InChI=1S/C20H18ClFN4O3S/c21-15-12-16(22)17(24-19-25-8-3-4-9-26(25)20(28)30-19)11-14(15)18(27)29-10-6-13-5-1-2-7-23-13/h1-2,5,7,11-12H,3-4,6,8-10H2. The predicted octanol–water partition coefficient (Wildman–Crippen LogP) is 3.32. The van der Waals surface area contributed by atoms with Crippen molar-refractivity contribution < 1.29 is 13.9 Å². The van der Waals surface area contributed by atoms with Gasteiger partial charge in [-0.2, -0.15) is 0 Å². The second kappa shape index (κ2) is 8.93. The molecule has 3 aromatic rings. The minimum atomic E-state index is -0.680. The van der Waals surface area contributed by atoms with Crippen molar-refractivity contribution in [3.63, 3.8) is 0 Å². The summed E-state index contributed by atoms with van der Waals surface area (Å²) in [6, 6.07) is 7.77. The molecule has 0 bridgehead atoms. The molecular formula is C20H18ClFN4O3S. The normalized spacial score (nSPS) is 13.9. The minimum Gasteiger partial charge on any atom is -0.462 e. The first-order valence-electron chi connectivity index (χ1n) is 9.44. The van der Waals surface area contributed by atoms with Crippen LogP contribution in [0.2, 0.25) is 5.02 Å². The maximum Gasteiger partial charge on any atom is 0.339 e. The van der Waals surface area contributed by atoms with E-state index in [0.29, 0.717) is 24.3 Å². The Morgan fingerprint density at radius 2 is 2.07 bits per heavy atom. The van der Waals surface area contributed by atoms with Crippen LogP contribution in [0.1, 0.15) is 28.9 Å². The van der Waals surface area contributed by atoms with Gasteiger partial charge in [0, 0.05) is 31.4 Å². The molecule has 156 valence electrons. The molecule has 0 amide bonds. The number of rotatable bonds is 5. The van der Waals surface area contributed by atoms with Crippen LogP contribution >= 0.6 is 22.9 Å². The van der Waals surface area contributed by atoms with Gasteiger partial charge in [0.05, 0.1) is 17.2 Å². The van der Waals surface area contributed by atoms with Crippen molar-refractivity contribution in [2.45, 2.75) is 32.4 Å². The van der Waals surface area contributed by atoms with Crippen molar-refractivity contribution in [2.75, 3.05) is 6.61 Å². The van der Waals surface area contributed by atoms with Gasteiger partial charge in [-0.25, -0.2) is 18.9 Å². The zero-order valence-corrected chi connectivity index (χ0v) is 17.5. The number of carbonyl (C=O) groups is 1. The summed E-state index contributed by atoms with van der Waals surface area (Å²) in [7, 11) is 0. The smallest absolute Gasteiger partial charge is 0.339 e. The molecule has 7 nitrogen and oxygen atoms in total. The van der Waals surface area contributed by atoms with E-state index in [-0.39, 0.29) is 27.8 Å². The Labute approximate surface area is 180 Å². The Morgan fingerprint density at radius 3 is 2.83 bits per heavy atom. The number of carbonyl (C=O) groups excluding carboxylic acids is 1. The van der Waals surface area contributed by atoms with Crippen molar-refractivity contribution in [1.82, 2.24) is 14.3 Å². The molecule has 0 fully saturated rings. The van der Waals surface area contributed by atoms with Gasteiger partial charge in [-0.15, -0.1) is 0 Å². The Kier molecular flexibility index (Phi) is 6.10. The van der Waals surface area contributed by atoms with Crippen molar-refractivity contribution in [3.8, 4) is 0 Å². The summed E-state index contributed by atoms with van der Waals surface area (Å²) in [6.45, 7) is 1.36. The molecule has 0 N–H and O–H groups in total. The first-order valence-corrected chi connectivity index (χ1v) is 10.6. The van der Waals surface area contributed by atoms with Crippen LogP contribution in [0.3, 0.4) is 0 Å². The molecule has 0 saturated heterocycles. The lowest BCUT2D eigenvalue weighted by atomic mass is 10.2. The van der Waals surface area contributed by atoms with E-state index in [0.717, 1.165) is 35.9 Å². The molecule has 1 aliphatic rings. The second-order valence-corrected chi connectivity index (χ2v) is 8.03. The molecular weight excluding hydrogens is 431 g/mol. The fourth-order valence-corrected chi connectivity index (χ4v) is 4.29.